The summed E-state index contributed by atoms with van der Waals surface area (Å²) >= 11 is 0. The SMILES string of the molecule is CC1NCCn2nc(-c3ccc(F)cc3)c(-c3ccncc3)c21. The van der Waals surface area contributed by atoms with Crippen molar-refractivity contribution >= 4 is 0 Å². The second-order valence-electron chi connectivity index (χ2n) is 5.75. The van der Waals surface area contributed by atoms with Crippen LogP contribution in [0.1, 0.15) is 18.7 Å². The highest BCUT2D eigenvalue weighted by atomic mass is 19.1. The number of nitrogens with zero attached hydrogens (tertiary/aromatic N) is 3. The zero-order chi connectivity index (χ0) is 15.8. The van der Waals surface area contributed by atoms with Gasteiger partial charge in [0.15, 0.2) is 0 Å². The Labute approximate surface area is 134 Å². The number of nitrogens with one attached hydrogen (secondary N) is 1. The number of halogens is 1. The molecule has 0 bridgehead atoms. The molecule has 2 aromatic heterocycles. The minimum atomic E-state index is -0.238. The van der Waals surface area contributed by atoms with Crippen molar-refractivity contribution in [1.29, 1.82) is 0 Å². The molecule has 4 rings (SSSR count). The predicted octanol–water partition coefficient (Wildman–Crippen LogP) is 3.42. The Morgan fingerprint density at radius 1 is 1.09 bits per heavy atom. The molecule has 0 saturated heterocycles. The van der Waals surface area contributed by atoms with Crippen LogP contribution in [0.25, 0.3) is 22.4 Å². The van der Waals surface area contributed by atoms with Crippen LogP contribution in [0.4, 0.5) is 4.39 Å². The van der Waals surface area contributed by atoms with Gasteiger partial charge in [-0.3, -0.25) is 9.67 Å². The van der Waals surface area contributed by atoms with Crippen LogP contribution in [-0.4, -0.2) is 21.3 Å². The topological polar surface area (TPSA) is 42.7 Å². The fraction of sp³-hybridized carbons (Fsp3) is 0.222. The molecule has 0 saturated carbocycles. The second-order valence-corrected chi connectivity index (χ2v) is 5.75. The van der Waals surface area contributed by atoms with Gasteiger partial charge in [-0.2, -0.15) is 5.10 Å². The summed E-state index contributed by atoms with van der Waals surface area (Å²) in [4.78, 5) is 4.11. The minimum Gasteiger partial charge on any atom is -0.307 e. The molecule has 0 fully saturated rings. The van der Waals surface area contributed by atoms with Crippen LogP contribution < -0.4 is 5.32 Å². The monoisotopic (exact) mass is 308 g/mol. The number of rotatable bonds is 2. The zero-order valence-corrected chi connectivity index (χ0v) is 12.8. The Balaban J connectivity index is 1.97. The standard InChI is InChI=1S/C18H17FN4/c1-12-18-16(13-6-8-20-9-7-13)17(22-23(18)11-10-21-12)14-2-4-15(19)5-3-14/h2-9,12,21H,10-11H2,1H3. The van der Waals surface area contributed by atoms with Crippen molar-refractivity contribution in [2.45, 2.75) is 19.5 Å². The summed E-state index contributed by atoms with van der Waals surface area (Å²) in [6.45, 7) is 3.87. The molecular weight excluding hydrogens is 291 g/mol. The molecule has 4 nitrogen and oxygen atoms in total. The minimum absolute atomic E-state index is 0.216. The maximum absolute atomic E-state index is 13.3. The fourth-order valence-corrected chi connectivity index (χ4v) is 3.18. The predicted molar refractivity (Wildman–Crippen MR) is 87.3 cm³/mol. The van der Waals surface area contributed by atoms with Crippen molar-refractivity contribution < 1.29 is 4.39 Å². The lowest BCUT2D eigenvalue weighted by Gasteiger charge is -2.23. The van der Waals surface area contributed by atoms with Gasteiger partial charge in [0.25, 0.3) is 0 Å². The highest BCUT2D eigenvalue weighted by molar-refractivity contribution is 5.83. The lowest BCUT2D eigenvalue weighted by atomic mass is 9.96. The summed E-state index contributed by atoms with van der Waals surface area (Å²) in [6, 6.07) is 10.7. The van der Waals surface area contributed by atoms with Gasteiger partial charge in [0, 0.05) is 36.1 Å². The number of hydrogen-bond donors (Lipinski definition) is 1. The van der Waals surface area contributed by atoms with Gasteiger partial charge < -0.3 is 5.32 Å². The number of fused-ring (bicyclic) bond motifs is 1. The molecule has 1 N–H and O–H groups in total. The first-order chi connectivity index (χ1) is 11.2. The Morgan fingerprint density at radius 3 is 2.57 bits per heavy atom. The summed E-state index contributed by atoms with van der Waals surface area (Å²) in [5.41, 5.74) is 5.16. The van der Waals surface area contributed by atoms with Gasteiger partial charge in [-0.05, 0) is 48.9 Å². The molecule has 1 unspecified atom stereocenters. The van der Waals surface area contributed by atoms with Crippen molar-refractivity contribution in [2.75, 3.05) is 6.54 Å². The normalized spacial score (nSPS) is 17.0. The van der Waals surface area contributed by atoms with Crippen LogP contribution in [0.15, 0.2) is 48.8 Å². The lowest BCUT2D eigenvalue weighted by molar-refractivity contribution is 0.421. The summed E-state index contributed by atoms with van der Waals surface area (Å²) < 4.78 is 15.3. The van der Waals surface area contributed by atoms with E-state index >= 15 is 0 Å². The van der Waals surface area contributed by atoms with Crippen LogP contribution in [0.2, 0.25) is 0 Å². The third kappa shape index (κ3) is 2.43. The maximum Gasteiger partial charge on any atom is 0.123 e. The highest BCUT2D eigenvalue weighted by Crippen LogP contribution is 2.38. The third-order valence-electron chi connectivity index (χ3n) is 4.26. The molecule has 0 aliphatic carbocycles. The molecule has 0 radical (unpaired) electrons. The quantitative estimate of drug-likeness (QED) is 0.789. The van der Waals surface area contributed by atoms with Crippen LogP contribution in [0.3, 0.4) is 0 Å². The van der Waals surface area contributed by atoms with Crippen LogP contribution >= 0.6 is 0 Å². The molecule has 3 aromatic rings. The molecule has 5 heteroatoms. The van der Waals surface area contributed by atoms with E-state index in [1.807, 2.05) is 12.1 Å². The van der Waals surface area contributed by atoms with Crippen LogP contribution in [0, 0.1) is 5.82 Å². The molecular formula is C18H17FN4. The van der Waals surface area contributed by atoms with E-state index < -0.39 is 0 Å². The Morgan fingerprint density at radius 2 is 1.83 bits per heavy atom. The Hall–Kier alpha value is -2.53. The van der Waals surface area contributed by atoms with E-state index in [2.05, 4.69) is 21.9 Å². The fourth-order valence-electron chi connectivity index (χ4n) is 3.18. The number of benzene rings is 1. The van der Waals surface area contributed by atoms with Crippen LogP contribution in [0.5, 0.6) is 0 Å². The molecule has 1 aliphatic rings. The van der Waals surface area contributed by atoms with Crippen molar-refractivity contribution in [3.05, 3.63) is 60.3 Å². The van der Waals surface area contributed by atoms with Crippen molar-refractivity contribution in [3.8, 4) is 22.4 Å². The Kier molecular flexibility index (Phi) is 3.42. The first kappa shape index (κ1) is 14.1. The van der Waals surface area contributed by atoms with E-state index in [0.29, 0.717) is 0 Å². The van der Waals surface area contributed by atoms with E-state index in [1.165, 1.54) is 17.8 Å². The maximum atomic E-state index is 13.3. The third-order valence-corrected chi connectivity index (χ3v) is 4.26. The van der Waals surface area contributed by atoms with Crippen molar-refractivity contribution in [2.24, 2.45) is 0 Å². The lowest BCUT2D eigenvalue weighted by Crippen LogP contribution is -2.32. The first-order valence-corrected chi connectivity index (χ1v) is 7.74. The van der Waals surface area contributed by atoms with Crippen molar-refractivity contribution in [3.63, 3.8) is 0 Å². The second kappa shape index (κ2) is 5.59. The molecule has 3 heterocycles. The van der Waals surface area contributed by atoms with E-state index in [-0.39, 0.29) is 11.9 Å². The summed E-state index contributed by atoms with van der Waals surface area (Å²) in [5.74, 6) is -0.238. The first-order valence-electron chi connectivity index (χ1n) is 7.74. The van der Waals surface area contributed by atoms with Gasteiger partial charge >= 0.3 is 0 Å². The molecule has 0 spiro atoms. The summed E-state index contributed by atoms with van der Waals surface area (Å²) in [6.07, 6.45) is 3.57. The molecule has 116 valence electrons. The molecule has 1 aromatic carbocycles. The van der Waals surface area contributed by atoms with Gasteiger partial charge in [-0.25, -0.2) is 4.39 Å². The van der Waals surface area contributed by atoms with E-state index in [1.54, 1.807) is 24.5 Å². The average Bonchev–Trinajstić information content (AvgIpc) is 2.97. The van der Waals surface area contributed by atoms with E-state index in [0.717, 1.165) is 35.5 Å². The number of pyridine rings is 1. The van der Waals surface area contributed by atoms with Gasteiger partial charge in [-0.15, -0.1) is 0 Å². The molecule has 0 amide bonds. The molecule has 1 aliphatic heterocycles. The van der Waals surface area contributed by atoms with Gasteiger partial charge in [0.1, 0.15) is 11.5 Å². The van der Waals surface area contributed by atoms with Gasteiger partial charge in [-0.1, -0.05) is 0 Å². The Bertz CT molecular complexity index is 824. The number of hydrogen-bond acceptors (Lipinski definition) is 3. The molecule has 23 heavy (non-hydrogen) atoms. The van der Waals surface area contributed by atoms with Crippen LogP contribution in [-0.2, 0) is 6.54 Å². The largest absolute Gasteiger partial charge is 0.307 e. The highest BCUT2D eigenvalue weighted by Gasteiger charge is 2.26. The summed E-state index contributed by atoms with van der Waals surface area (Å²) in [7, 11) is 0. The average molecular weight is 308 g/mol. The van der Waals surface area contributed by atoms with Crippen molar-refractivity contribution in [1.82, 2.24) is 20.1 Å². The van der Waals surface area contributed by atoms with Gasteiger partial charge in [0.05, 0.1) is 12.2 Å². The molecule has 1 atom stereocenters. The smallest absolute Gasteiger partial charge is 0.123 e. The van der Waals surface area contributed by atoms with Gasteiger partial charge in [0.2, 0.25) is 0 Å². The number of aromatic nitrogens is 3. The van der Waals surface area contributed by atoms with E-state index in [4.69, 9.17) is 5.10 Å². The van der Waals surface area contributed by atoms with E-state index in [9.17, 15) is 4.39 Å². The summed E-state index contributed by atoms with van der Waals surface area (Å²) in [5, 5.41) is 8.30. The zero-order valence-electron chi connectivity index (χ0n) is 12.8.